The Labute approximate surface area is 209 Å². The number of ketones is 1. The number of aromatic nitrogens is 1. The quantitative estimate of drug-likeness (QED) is 0.306. The van der Waals surface area contributed by atoms with Crippen LogP contribution >= 0.6 is 0 Å². The Balaban J connectivity index is 1.88. The predicted octanol–water partition coefficient (Wildman–Crippen LogP) is 6.60. The number of carbonyl (C=O) groups is 1. The maximum atomic E-state index is 13.6. The van der Waals surface area contributed by atoms with Crippen LogP contribution in [-0.4, -0.2) is 34.3 Å². The molecule has 4 heteroatoms. The number of nitrogens with zero attached hydrogens (tertiary/aromatic N) is 2. The van der Waals surface area contributed by atoms with Crippen molar-refractivity contribution in [3.8, 4) is 0 Å². The molecule has 1 unspecified atom stereocenters. The molecule has 1 aliphatic heterocycles. The number of methoxy groups -OCH3 is 1. The van der Waals surface area contributed by atoms with Crippen LogP contribution in [0.3, 0.4) is 0 Å². The van der Waals surface area contributed by atoms with Crippen LogP contribution in [0.1, 0.15) is 46.1 Å². The summed E-state index contributed by atoms with van der Waals surface area (Å²) in [6, 6.07) is 8.14. The van der Waals surface area contributed by atoms with Crippen molar-refractivity contribution in [2.24, 2.45) is 18.4 Å². The second-order valence-electron chi connectivity index (χ2n) is 10.2. The Morgan fingerprint density at radius 2 is 1.91 bits per heavy atom. The number of ether oxygens (including phenoxy) is 1. The zero-order valence-electron chi connectivity index (χ0n) is 21.9. The van der Waals surface area contributed by atoms with Crippen molar-refractivity contribution >= 4 is 28.0 Å². The van der Waals surface area contributed by atoms with Crippen LogP contribution in [0.15, 0.2) is 84.5 Å². The van der Waals surface area contributed by atoms with Crippen molar-refractivity contribution in [2.75, 3.05) is 13.7 Å². The van der Waals surface area contributed by atoms with Crippen LogP contribution in [0.25, 0.3) is 16.5 Å². The number of fused-ring (bicyclic) bond motifs is 1. The summed E-state index contributed by atoms with van der Waals surface area (Å²) in [5, 5.41) is 1.06. The van der Waals surface area contributed by atoms with E-state index in [4.69, 9.17) is 4.74 Å². The van der Waals surface area contributed by atoms with Crippen molar-refractivity contribution in [1.29, 1.82) is 0 Å². The summed E-state index contributed by atoms with van der Waals surface area (Å²) in [7, 11) is 3.65. The van der Waals surface area contributed by atoms with Gasteiger partial charge in [0.2, 0.25) is 11.5 Å². The van der Waals surface area contributed by atoms with Gasteiger partial charge in [0.05, 0.1) is 23.7 Å². The molecular weight excluding hydrogens is 432 g/mol. The molecule has 1 aromatic carbocycles. The van der Waals surface area contributed by atoms with Crippen LogP contribution in [0, 0.1) is 11.3 Å². The zero-order chi connectivity index (χ0) is 25.5. The van der Waals surface area contributed by atoms with Gasteiger partial charge in [-0.15, -0.1) is 0 Å². The number of para-hydroxylation sites is 1. The van der Waals surface area contributed by atoms with Gasteiger partial charge in [0.25, 0.3) is 0 Å². The Kier molecular flexibility index (Phi) is 6.59. The predicted molar refractivity (Wildman–Crippen MR) is 145 cm³/mol. The van der Waals surface area contributed by atoms with E-state index in [9.17, 15) is 4.79 Å². The van der Waals surface area contributed by atoms with Crippen molar-refractivity contribution in [3.63, 3.8) is 0 Å². The van der Waals surface area contributed by atoms with Crippen molar-refractivity contribution in [1.82, 2.24) is 4.57 Å². The van der Waals surface area contributed by atoms with Gasteiger partial charge in [-0.25, -0.2) is 0 Å². The molecule has 0 amide bonds. The number of Topliss-reactive ketones (excluding diaryl/α,β-unsaturated/α-hetero) is 1. The normalized spacial score (nSPS) is 19.6. The maximum absolute atomic E-state index is 13.6. The number of allylic oxidation sites excluding steroid dienone is 6. The third kappa shape index (κ3) is 3.85. The van der Waals surface area contributed by atoms with Gasteiger partial charge in [0.1, 0.15) is 5.76 Å². The van der Waals surface area contributed by atoms with E-state index in [2.05, 4.69) is 62.1 Å². The van der Waals surface area contributed by atoms with Gasteiger partial charge in [0, 0.05) is 53.4 Å². The van der Waals surface area contributed by atoms with E-state index in [1.54, 1.807) is 7.11 Å². The molecule has 2 aromatic rings. The van der Waals surface area contributed by atoms with E-state index in [1.807, 2.05) is 43.6 Å². The Morgan fingerprint density at radius 3 is 2.54 bits per heavy atom. The van der Waals surface area contributed by atoms with Crippen LogP contribution in [0.5, 0.6) is 0 Å². The summed E-state index contributed by atoms with van der Waals surface area (Å²) in [5.41, 5.74) is 6.27. The Bertz CT molecular complexity index is 1360. The number of hydrogen-bond acceptors (Lipinski definition) is 2. The van der Waals surface area contributed by atoms with Crippen molar-refractivity contribution < 1.29 is 14.1 Å². The molecular formula is C31H37N2O2+. The van der Waals surface area contributed by atoms with Crippen LogP contribution < -0.4 is 0 Å². The largest absolute Gasteiger partial charge is 0.495 e. The van der Waals surface area contributed by atoms with E-state index < -0.39 is 0 Å². The highest BCUT2D eigenvalue weighted by Crippen LogP contribution is 2.44. The first-order valence-electron chi connectivity index (χ1n) is 12.4. The number of carbonyl (C=O) groups excluding carboxylic acids is 1. The van der Waals surface area contributed by atoms with Crippen LogP contribution in [-0.2, 0) is 16.6 Å². The lowest BCUT2D eigenvalue weighted by Gasteiger charge is -2.25. The van der Waals surface area contributed by atoms with E-state index in [1.165, 1.54) is 0 Å². The summed E-state index contributed by atoms with van der Waals surface area (Å²) in [6.45, 7) is 17.9. The standard InChI is InChI=1S/C31H37N2O2/c1-9-14-20(4)18-33-25(11-3)24(10-2)31(5,6)27(33)17-22-29(34)28(30(22)35-8)23-19-32(7)26-16-13-12-15-21(23)26/h10-13,15-17,19-20H,2-3,9,14,18H2,1,4-8H3/q+1. The summed E-state index contributed by atoms with van der Waals surface area (Å²) < 4.78 is 10.2. The Morgan fingerprint density at radius 1 is 1.20 bits per heavy atom. The molecule has 0 radical (unpaired) electrons. The molecule has 35 heavy (non-hydrogen) atoms. The lowest BCUT2D eigenvalue weighted by atomic mass is 9.77. The SMILES string of the molecule is C=CC1=C(C=C)C(C)(C)C(C=C2C(=O)C(c3cn(C)c4ccccc34)=C2OC)=[N+]1CC(C)CCC. The molecule has 1 aromatic heterocycles. The van der Waals surface area contributed by atoms with Gasteiger partial charge < -0.3 is 9.30 Å². The van der Waals surface area contributed by atoms with Crippen molar-refractivity contribution in [2.45, 2.75) is 40.5 Å². The molecule has 0 fully saturated rings. The summed E-state index contributed by atoms with van der Waals surface area (Å²) in [4.78, 5) is 13.6. The lowest BCUT2D eigenvalue weighted by molar-refractivity contribution is -0.477. The van der Waals surface area contributed by atoms with Gasteiger partial charge in [-0.1, -0.05) is 57.7 Å². The highest BCUT2D eigenvalue weighted by atomic mass is 16.5. The van der Waals surface area contributed by atoms with E-state index in [0.29, 0.717) is 22.8 Å². The fourth-order valence-corrected chi connectivity index (χ4v) is 5.68. The van der Waals surface area contributed by atoms with Gasteiger partial charge in [0.15, 0.2) is 12.3 Å². The summed E-state index contributed by atoms with van der Waals surface area (Å²) in [5.74, 6) is 1.18. The van der Waals surface area contributed by atoms with Gasteiger partial charge in [-0.3, -0.25) is 4.79 Å². The monoisotopic (exact) mass is 469 g/mol. The van der Waals surface area contributed by atoms with E-state index >= 15 is 0 Å². The molecule has 0 saturated carbocycles. The van der Waals surface area contributed by atoms with Gasteiger partial charge in [-0.2, -0.15) is 4.58 Å². The molecule has 1 atom stereocenters. The Hall–Kier alpha value is -3.40. The number of rotatable bonds is 9. The van der Waals surface area contributed by atoms with Crippen molar-refractivity contribution in [3.05, 3.63) is 90.0 Å². The second-order valence-corrected chi connectivity index (χ2v) is 10.2. The topological polar surface area (TPSA) is 34.2 Å². The number of hydrogen-bond donors (Lipinski definition) is 0. The first-order chi connectivity index (χ1) is 16.7. The average molecular weight is 470 g/mol. The molecule has 2 heterocycles. The van der Waals surface area contributed by atoms with Crippen LogP contribution in [0.2, 0.25) is 0 Å². The smallest absolute Gasteiger partial charge is 0.209 e. The average Bonchev–Trinajstić information content (AvgIpc) is 3.25. The lowest BCUT2D eigenvalue weighted by Crippen LogP contribution is -2.31. The van der Waals surface area contributed by atoms with E-state index in [0.717, 1.165) is 52.8 Å². The minimum atomic E-state index is -0.307. The van der Waals surface area contributed by atoms with E-state index in [-0.39, 0.29) is 11.2 Å². The first kappa shape index (κ1) is 24.7. The minimum absolute atomic E-state index is 0.0234. The molecule has 0 saturated heterocycles. The number of benzene rings is 1. The molecule has 1 aliphatic carbocycles. The fraction of sp³-hybridized carbons (Fsp3) is 0.355. The number of aryl methyl sites for hydroxylation is 1. The zero-order valence-corrected chi connectivity index (χ0v) is 21.9. The molecule has 0 N–H and O–H groups in total. The first-order valence-corrected chi connectivity index (χ1v) is 12.4. The minimum Gasteiger partial charge on any atom is -0.495 e. The highest BCUT2D eigenvalue weighted by molar-refractivity contribution is 6.41. The van der Waals surface area contributed by atoms with Gasteiger partial charge in [-0.05, 0) is 26.3 Å². The molecule has 0 spiro atoms. The summed E-state index contributed by atoms with van der Waals surface area (Å²) in [6.07, 6.45) is 10.2. The highest BCUT2D eigenvalue weighted by Gasteiger charge is 2.47. The summed E-state index contributed by atoms with van der Waals surface area (Å²) >= 11 is 0. The molecule has 4 nitrogen and oxygen atoms in total. The van der Waals surface area contributed by atoms with Crippen LogP contribution in [0.4, 0.5) is 0 Å². The fourth-order valence-electron chi connectivity index (χ4n) is 5.68. The second kappa shape index (κ2) is 9.33. The molecule has 4 rings (SSSR count). The molecule has 2 aliphatic rings. The third-order valence-corrected chi connectivity index (χ3v) is 7.44. The molecule has 0 bridgehead atoms. The van der Waals surface area contributed by atoms with Gasteiger partial charge >= 0.3 is 0 Å². The molecule has 182 valence electrons. The maximum Gasteiger partial charge on any atom is 0.209 e. The third-order valence-electron chi connectivity index (χ3n) is 7.44.